The number of halogens is 1. The SMILES string of the molecule is CCC(O)(CC)CNS(=O)(=O)c1ccc(Cl)cc1C. The van der Waals surface area contributed by atoms with Crippen molar-refractivity contribution in [1.82, 2.24) is 4.72 Å². The maximum Gasteiger partial charge on any atom is 0.240 e. The second kappa shape index (κ2) is 6.22. The van der Waals surface area contributed by atoms with Gasteiger partial charge in [-0.2, -0.15) is 0 Å². The smallest absolute Gasteiger partial charge is 0.240 e. The molecule has 0 heterocycles. The summed E-state index contributed by atoms with van der Waals surface area (Å²) in [6.07, 6.45) is 0.983. The largest absolute Gasteiger partial charge is 0.389 e. The van der Waals surface area contributed by atoms with Gasteiger partial charge in [0.15, 0.2) is 0 Å². The van der Waals surface area contributed by atoms with Crippen LogP contribution in [0.5, 0.6) is 0 Å². The Bertz CT molecular complexity index is 539. The van der Waals surface area contributed by atoms with Crippen molar-refractivity contribution in [1.29, 1.82) is 0 Å². The number of aryl methyl sites for hydroxylation is 1. The number of hydrogen-bond acceptors (Lipinski definition) is 3. The van der Waals surface area contributed by atoms with Gasteiger partial charge in [-0.1, -0.05) is 25.4 Å². The predicted octanol–water partition coefficient (Wildman–Crippen LogP) is 2.48. The standard InChI is InChI=1S/C13H20ClNO3S/c1-4-13(16,5-2)9-15-19(17,18)12-7-6-11(14)8-10(12)3/h6-8,15-16H,4-5,9H2,1-3H3. The fourth-order valence-corrected chi connectivity index (χ4v) is 3.29. The Morgan fingerprint density at radius 1 is 1.32 bits per heavy atom. The molecule has 0 fully saturated rings. The first-order valence-corrected chi connectivity index (χ1v) is 8.08. The Balaban J connectivity index is 2.93. The van der Waals surface area contributed by atoms with Crippen LogP contribution in [0.3, 0.4) is 0 Å². The molecule has 0 saturated heterocycles. The van der Waals surface area contributed by atoms with E-state index in [4.69, 9.17) is 11.6 Å². The summed E-state index contributed by atoms with van der Waals surface area (Å²) in [7, 11) is -3.63. The molecule has 0 spiro atoms. The van der Waals surface area contributed by atoms with E-state index in [-0.39, 0.29) is 11.4 Å². The van der Waals surface area contributed by atoms with Crippen LogP contribution >= 0.6 is 11.6 Å². The third-order valence-electron chi connectivity index (χ3n) is 3.33. The Labute approximate surface area is 119 Å². The summed E-state index contributed by atoms with van der Waals surface area (Å²) in [5.41, 5.74) is -0.426. The number of hydrogen-bond donors (Lipinski definition) is 2. The van der Waals surface area contributed by atoms with Gasteiger partial charge in [0.25, 0.3) is 0 Å². The Hall–Kier alpha value is -0.620. The van der Waals surface area contributed by atoms with Gasteiger partial charge in [0.1, 0.15) is 0 Å². The summed E-state index contributed by atoms with van der Waals surface area (Å²) in [6, 6.07) is 4.61. The lowest BCUT2D eigenvalue weighted by Crippen LogP contribution is -2.42. The van der Waals surface area contributed by atoms with Crippen LogP contribution in [0, 0.1) is 6.92 Å². The Morgan fingerprint density at radius 2 is 1.89 bits per heavy atom. The van der Waals surface area contributed by atoms with E-state index in [1.54, 1.807) is 13.0 Å². The van der Waals surface area contributed by atoms with Crippen LogP contribution in [-0.2, 0) is 10.0 Å². The summed E-state index contributed by atoms with van der Waals surface area (Å²) in [4.78, 5) is 0.187. The van der Waals surface area contributed by atoms with Crippen molar-refractivity contribution in [2.24, 2.45) is 0 Å². The molecule has 6 heteroatoms. The molecule has 2 N–H and O–H groups in total. The quantitative estimate of drug-likeness (QED) is 0.848. The minimum Gasteiger partial charge on any atom is -0.389 e. The molecule has 0 aliphatic rings. The fraction of sp³-hybridized carbons (Fsp3) is 0.538. The molecule has 0 atom stereocenters. The first-order valence-electron chi connectivity index (χ1n) is 6.22. The van der Waals surface area contributed by atoms with Gasteiger partial charge in [-0.3, -0.25) is 0 Å². The van der Waals surface area contributed by atoms with Crippen molar-refractivity contribution in [2.45, 2.75) is 44.1 Å². The lowest BCUT2D eigenvalue weighted by Gasteiger charge is -2.25. The first-order chi connectivity index (χ1) is 8.74. The van der Waals surface area contributed by atoms with Crippen molar-refractivity contribution in [2.75, 3.05) is 6.54 Å². The highest BCUT2D eigenvalue weighted by Crippen LogP contribution is 2.20. The summed E-state index contributed by atoms with van der Waals surface area (Å²) in [5.74, 6) is 0. The van der Waals surface area contributed by atoms with E-state index in [9.17, 15) is 13.5 Å². The zero-order chi connectivity index (χ0) is 14.7. The van der Waals surface area contributed by atoms with Gasteiger partial charge in [0, 0.05) is 11.6 Å². The average Bonchev–Trinajstić information content (AvgIpc) is 2.35. The van der Waals surface area contributed by atoms with Crippen molar-refractivity contribution >= 4 is 21.6 Å². The zero-order valence-electron chi connectivity index (χ0n) is 11.4. The van der Waals surface area contributed by atoms with Gasteiger partial charge in [-0.25, -0.2) is 13.1 Å². The van der Waals surface area contributed by atoms with Crippen molar-refractivity contribution in [3.8, 4) is 0 Å². The van der Waals surface area contributed by atoms with Crippen LogP contribution in [0.1, 0.15) is 32.3 Å². The lowest BCUT2D eigenvalue weighted by molar-refractivity contribution is 0.0377. The molecule has 0 aliphatic heterocycles. The van der Waals surface area contributed by atoms with E-state index < -0.39 is 15.6 Å². The number of benzene rings is 1. The minimum atomic E-state index is -3.63. The topological polar surface area (TPSA) is 66.4 Å². The molecule has 108 valence electrons. The summed E-state index contributed by atoms with van der Waals surface area (Å²) < 4.78 is 26.8. The summed E-state index contributed by atoms with van der Waals surface area (Å²) >= 11 is 5.81. The van der Waals surface area contributed by atoms with Crippen LogP contribution in [0.4, 0.5) is 0 Å². The predicted molar refractivity (Wildman–Crippen MR) is 76.9 cm³/mol. The molecule has 0 bridgehead atoms. The van der Waals surface area contributed by atoms with E-state index in [1.807, 2.05) is 13.8 Å². The molecule has 0 aliphatic carbocycles. The van der Waals surface area contributed by atoms with E-state index >= 15 is 0 Å². The molecule has 0 unspecified atom stereocenters. The molecule has 1 aromatic rings. The lowest BCUT2D eigenvalue weighted by atomic mass is 9.98. The van der Waals surface area contributed by atoms with Gasteiger partial charge >= 0.3 is 0 Å². The number of sulfonamides is 1. The van der Waals surface area contributed by atoms with E-state index in [2.05, 4.69) is 4.72 Å². The molecule has 4 nitrogen and oxygen atoms in total. The molecule has 1 rings (SSSR count). The highest BCUT2D eigenvalue weighted by molar-refractivity contribution is 7.89. The van der Waals surface area contributed by atoms with E-state index in [0.717, 1.165) is 0 Å². The maximum atomic E-state index is 12.2. The molecule has 0 amide bonds. The number of rotatable bonds is 6. The molecule has 0 aromatic heterocycles. The zero-order valence-corrected chi connectivity index (χ0v) is 13.0. The molecule has 0 radical (unpaired) electrons. The van der Waals surface area contributed by atoms with E-state index in [0.29, 0.717) is 23.4 Å². The Morgan fingerprint density at radius 3 is 2.37 bits per heavy atom. The molecular weight excluding hydrogens is 286 g/mol. The van der Waals surface area contributed by atoms with Crippen LogP contribution < -0.4 is 4.72 Å². The highest BCUT2D eigenvalue weighted by atomic mass is 35.5. The minimum absolute atomic E-state index is 0.00436. The number of nitrogens with one attached hydrogen (secondary N) is 1. The second-order valence-electron chi connectivity index (χ2n) is 4.67. The average molecular weight is 306 g/mol. The van der Waals surface area contributed by atoms with E-state index in [1.165, 1.54) is 12.1 Å². The van der Waals surface area contributed by atoms with Crippen molar-refractivity contribution < 1.29 is 13.5 Å². The summed E-state index contributed by atoms with van der Waals surface area (Å²) in [5, 5.41) is 10.6. The van der Waals surface area contributed by atoms with Crippen molar-refractivity contribution in [3.05, 3.63) is 28.8 Å². The van der Waals surface area contributed by atoms with Crippen molar-refractivity contribution in [3.63, 3.8) is 0 Å². The van der Waals surface area contributed by atoms with Crippen LogP contribution in [0.25, 0.3) is 0 Å². The second-order valence-corrected chi connectivity index (χ2v) is 6.84. The van der Waals surface area contributed by atoms with Crippen LogP contribution in [0.15, 0.2) is 23.1 Å². The third-order valence-corrected chi connectivity index (χ3v) is 5.13. The first kappa shape index (κ1) is 16.4. The maximum absolute atomic E-state index is 12.2. The van der Waals surface area contributed by atoms with Gasteiger partial charge in [-0.15, -0.1) is 0 Å². The summed E-state index contributed by atoms with van der Waals surface area (Å²) in [6.45, 7) is 5.34. The van der Waals surface area contributed by atoms with Gasteiger partial charge in [0.05, 0.1) is 10.5 Å². The normalized spacial score (nSPS) is 12.7. The monoisotopic (exact) mass is 305 g/mol. The fourth-order valence-electron chi connectivity index (χ4n) is 1.72. The third kappa shape index (κ3) is 4.18. The van der Waals surface area contributed by atoms with Gasteiger partial charge < -0.3 is 5.11 Å². The highest BCUT2D eigenvalue weighted by Gasteiger charge is 2.26. The van der Waals surface area contributed by atoms with Gasteiger partial charge in [-0.05, 0) is 43.5 Å². The molecule has 1 aromatic carbocycles. The molecular formula is C13H20ClNO3S. The van der Waals surface area contributed by atoms with Gasteiger partial charge in [0.2, 0.25) is 10.0 Å². The number of aliphatic hydroxyl groups is 1. The molecule has 0 saturated carbocycles. The molecule has 19 heavy (non-hydrogen) atoms. The van der Waals surface area contributed by atoms with Crippen LogP contribution in [-0.4, -0.2) is 25.7 Å². The Kier molecular flexibility index (Phi) is 5.38. The van der Waals surface area contributed by atoms with Crippen LogP contribution in [0.2, 0.25) is 5.02 Å².